The van der Waals surface area contributed by atoms with Crippen LogP contribution in [0.3, 0.4) is 0 Å². The van der Waals surface area contributed by atoms with E-state index in [0.717, 1.165) is 0 Å². The van der Waals surface area contributed by atoms with E-state index >= 15 is 0 Å². The molecule has 1 aromatic heterocycles. The van der Waals surface area contributed by atoms with Gasteiger partial charge in [-0.1, -0.05) is 30.1 Å². The number of nitrogens with zero attached hydrogens (tertiary/aromatic N) is 2. The molecule has 1 heterocycles. The monoisotopic (exact) mass is 414 g/mol. The van der Waals surface area contributed by atoms with Gasteiger partial charge in [-0.3, -0.25) is 10.1 Å². The van der Waals surface area contributed by atoms with Crippen LogP contribution >= 0.6 is 23.2 Å². The number of nitro benzene ring substituents is 1. The van der Waals surface area contributed by atoms with Gasteiger partial charge >= 0.3 is 11.7 Å². The molecule has 1 aromatic carbocycles. The van der Waals surface area contributed by atoms with Crippen LogP contribution in [0.25, 0.3) is 0 Å². The molecule has 144 valence electrons. The molecule has 27 heavy (non-hydrogen) atoms. The number of carbonyl (C=O) groups excluding carboxylic acids is 1. The summed E-state index contributed by atoms with van der Waals surface area (Å²) in [4.78, 5) is 26.5. The van der Waals surface area contributed by atoms with Crippen molar-refractivity contribution in [3.05, 3.63) is 50.6 Å². The molecule has 0 fully saturated rings. The van der Waals surface area contributed by atoms with Crippen LogP contribution in [0.1, 0.15) is 20.3 Å². The maximum atomic E-state index is 11.9. The Morgan fingerprint density at radius 3 is 2.67 bits per heavy atom. The third-order valence-electron chi connectivity index (χ3n) is 3.34. The number of aromatic nitrogens is 1. The van der Waals surface area contributed by atoms with E-state index in [9.17, 15) is 14.9 Å². The molecule has 10 heteroatoms. The molecule has 8 nitrogen and oxygen atoms in total. The van der Waals surface area contributed by atoms with Crippen LogP contribution in [0.5, 0.6) is 17.4 Å². The molecule has 0 aliphatic carbocycles. The Hall–Kier alpha value is -2.58. The van der Waals surface area contributed by atoms with E-state index in [0.29, 0.717) is 0 Å². The second-order valence-electron chi connectivity index (χ2n) is 5.17. The van der Waals surface area contributed by atoms with Crippen molar-refractivity contribution in [1.82, 2.24) is 4.98 Å². The Balaban J connectivity index is 2.34. The van der Waals surface area contributed by atoms with Gasteiger partial charge in [0.2, 0.25) is 11.6 Å². The van der Waals surface area contributed by atoms with Gasteiger partial charge in [0, 0.05) is 18.3 Å². The van der Waals surface area contributed by atoms with Gasteiger partial charge in [0.25, 0.3) is 0 Å². The zero-order chi connectivity index (χ0) is 20.0. The number of pyridine rings is 1. The summed E-state index contributed by atoms with van der Waals surface area (Å²) in [6.07, 6.45) is 0.676. The predicted octanol–water partition coefficient (Wildman–Crippen LogP) is 4.81. The first-order valence-corrected chi connectivity index (χ1v) is 8.72. The molecule has 2 rings (SSSR count). The molecule has 0 aliphatic rings. The third-order valence-corrected chi connectivity index (χ3v) is 4.12. The topological polar surface area (TPSA) is 101 Å². The average molecular weight is 415 g/mol. The fraction of sp³-hybridized carbons (Fsp3) is 0.294. The summed E-state index contributed by atoms with van der Waals surface area (Å²) in [6.45, 7) is 3.52. The highest BCUT2D eigenvalue weighted by molar-refractivity contribution is 6.42. The first kappa shape index (κ1) is 20.7. The highest BCUT2D eigenvalue weighted by atomic mass is 35.5. The van der Waals surface area contributed by atoms with Crippen LogP contribution in [0.4, 0.5) is 5.69 Å². The van der Waals surface area contributed by atoms with Crippen molar-refractivity contribution in [2.45, 2.75) is 26.4 Å². The van der Waals surface area contributed by atoms with Crippen molar-refractivity contribution in [3.8, 4) is 17.4 Å². The zero-order valence-corrected chi connectivity index (χ0v) is 16.0. The lowest BCUT2D eigenvalue weighted by molar-refractivity contribution is -0.386. The number of hydrogen-bond acceptors (Lipinski definition) is 7. The van der Waals surface area contributed by atoms with Gasteiger partial charge in [0.05, 0.1) is 16.6 Å². The Kier molecular flexibility index (Phi) is 7.20. The summed E-state index contributed by atoms with van der Waals surface area (Å²) in [5.41, 5.74) is -0.324. The number of benzene rings is 1. The lowest BCUT2D eigenvalue weighted by atomic mass is 10.2. The number of ether oxygens (including phenoxy) is 3. The fourth-order valence-corrected chi connectivity index (χ4v) is 2.36. The van der Waals surface area contributed by atoms with Crippen molar-refractivity contribution in [3.63, 3.8) is 0 Å². The van der Waals surface area contributed by atoms with Gasteiger partial charge in [-0.2, -0.15) is 0 Å². The molecule has 0 aliphatic heterocycles. The summed E-state index contributed by atoms with van der Waals surface area (Å²) in [5.74, 6) is -0.553. The molecule has 1 atom stereocenters. The van der Waals surface area contributed by atoms with Gasteiger partial charge in [-0.15, -0.1) is 0 Å². The predicted molar refractivity (Wildman–Crippen MR) is 98.8 cm³/mol. The van der Waals surface area contributed by atoms with E-state index in [4.69, 9.17) is 37.4 Å². The van der Waals surface area contributed by atoms with Crippen molar-refractivity contribution in [2.75, 3.05) is 6.61 Å². The van der Waals surface area contributed by atoms with Crippen LogP contribution < -0.4 is 9.47 Å². The van der Waals surface area contributed by atoms with Gasteiger partial charge < -0.3 is 14.2 Å². The summed E-state index contributed by atoms with van der Waals surface area (Å²) >= 11 is 11.9. The first-order chi connectivity index (χ1) is 12.9. The van der Waals surface area contributed by atoms with Crippen LogP contribution in [0, 0.1) is 10.1 Å². The van der Waals surface area contributed by atoms with E-state index in [1.807, 2.05) is 0 Å². The molecule has 0 bridgehead atoms. The van der Waals surface area contributed by atoms with Crippen LogP contribution in [-0.2, 0) is 9.53 Å². The molecular weight excluding hydrogens is 399 g/mol. The molecule has 0 N–H and O–H groups in total. The van der Waals surface area contributed by atoms with Crippen LogP contribution in [-0.4, -0.2) is 28.6 Å². The molecular formula is C17H16Cl2N2O6. The molecule has 2 aromatic rings. The molecule has 0 radical (unpaired) electrons. The number of hydrogen-bond donors (Lipinski definition) is 0. The summed E-state index contributed by atoms with van der Waals surface area (Å²) in [6, 6.07) is 5.32. The first-order valence-electron chi connectivity index (χ1n) is 7.96. The van der Waals surface area contributed by atoms with Crippen molar-refractivity contribution in [1.29, 1.82) is 0 Å². The summed E-state index contributed by atoms with van der Waals surface area (Å²) < 4.78 is 16.0. The quantitative estimate of drug-likeness (QED) is 0.346. The Bertz CT molecular complexity index is 846. The lowest BCUT2D eigenvalue weighted by Gasteiger charge is -2.16. The van der Waals surface area contributed by atoms with Crippen molar-refractivity contribution >= 4 is 34.9 Å². The van der Waals surface area contributed by atoms with Gasteiger partial charge in [0.15, 0.2) is 6.10 Å². The lowest BCUT2D eigenvalue weighted by Crippen LogP contribution is -2.28. The Morgan fingerprint density at radius 1 is 1.30 bits per heavy atom. The van der Waals surface area contributed by atoms with Gasteiger partial charge in [-0.05, 0) is 25.5 Å². The minimum atomic E-state index is -0.994. The third kappa shape index (κ3) is 5.21. The van der Waals surface area contributed by atoms with Crippen LogP contribution in [0.2, 0.25) is 10.0 Å². The molecule has 0 spiro atoms. The zero-order valence-electron chi connectivity index (χ0n) is 14.5. The molecule has 0 amide bonds. The maximum absolute atomic E-state index is 11.9. The van der Waals surface area contributed by atoms with E-state index in [2.05, 4.69) is 4.98 Å². The number of esters is 1. The van der Waals surface area contributed by atoms with E-state index in [-0.39, 0.29) is 46.1 Å². The van der Waals surface area contributed by atoms with E-state index in [1.165, 1.54) is 30.5 Å². The SMILES string of the molecule is CCOC(=O)C(CC)Oc1cc(Oc2nccc(Cl)c2Cl)ccc1[N+](=O)[O-]. The second kappa shape index (κ2) is 9.38. The number of carbonyl (C=O) groups is 1. The van der Waals surface area contributed by atoms with E-state index in [1.54, 1.807) is 13.8 Å². The minimum Gasteiger partial charge on any atom is -0.471 e. The highest BCUT2D eigenvalue weighted by Crippen LogP contribution is 2.37. The highest BCUT2D eigenvalue weighted by Gasteiger charge is 2.25. The molecule has 0 saturated heterocycles. The van der Waals surface area contributed by atoms with Crippen molar-refractivity contribution in [2.24, 2.45) is 0 Å². The minimum absolute atomic E-state index is 0.0291. The largest absolute Gasteiger partial charge is 0.471 e. The number of rotatable bonds is 8. The number of nitro groups is 1. The van der Waals surface area contributed by atoms with E-state index < -0.39 is 17.0 Å². The Labute approximate surface area is 165 Å². The number of halogens is 2. The summed E-state index contributed by atoms with van der Waals surface area (Å²) in [7, 11) is 0. The van der Waals surface area contributed by atoms with Crippen molar-refractivity contribution < 1.29 is 23.9 Å². The molecule has 0 saturated carbocycles. The summed E-state index contributed by atoms with van der Waals surface area (Å²) in [5, 5.41) is 11.6. The Morgan fingerprint density at radius 2 is 2.04 bits per heavy atom. The van der Waals surface area contributed by atoms with Crippen LogP contribution in [0.15, 0.2) is 30.5 Å². The second-order valence-corrected chi connectivity index (χ2v) is 5.95. The smallest absolute Gasteiger partial charge is 0.347 e. The normalized spacial score (nSPS) is 11.6. The standard InChI is InChI=1S/C17H16Cl2N2O6/c1-3-13(17(22)25-4-2)27-14-9-10(5-6-12(14)21(23)24)26-16-15(19)11(18)7-8-20-16/h5-9,13H,3-4H2,1-2H3. The maximum Gasteiger partial charge on any atom is 0.347 e. The molecule has 1 unspecified atom stereocenters. The van der Waals surface area contributed by atoms with Gasteiger partial charge in [-0.25, -0.2) is 9.78 Å². The fourth-order valence-electron chi connectivity index (χ4n) is 2.07. The van der Waals surface area contributed by atoms with Gasteiger partial charge in [0.1, 0.15) is 10.8 Å². The average Bonchev–Trinajstić information content (AvgIpc) is 2.63.